The normalized spacial score (nSPS) is 11.1. The van der Waals surface area contributed by atoms with Gasteiger partial charge in [0.05, 0.1) is 11.6 Å². The highest BCUT2D eigenvalue weighted by Gasteiger charge is 2.07. The summed E-state index contributed by atoms with van der Waals surface area (Å²) in [5.74, 6) is 1.36. The minimum atomic E-state index is 0.301. The van der Waals surface area contributed by atoms with Crippen LogP contribution in [0.1, 0.15) is 26.2 Å². The van der Waals surface area contributed by atoms with E-state index in [1.54, 1.807) is 18.0 Å². The molecule has 2 rings (SSSR count). The van der Waals surface area contributed by atoms with Gasteiger partial charge in [-0.05, 0) is 12.2 Å². The summed E-state index contributed by atoms with van der Waals surface area (Å²) >= 11 is 1.72. The van der Waals surface area contributed by atoms with Crippen LogP contribution in [0.5, 0.6) is 0 Å². The van der Waals surface area contributed by atoms with E-state index in [0.29, 0.717) is 11.6 Å². The molecule has 0 spiro atoms. The van der Waals surface area contributed by atoms with Gasteiger partial charge >= 0.3 is 0 Å². The molecule has 5 nitrogen and oxygen atoms in total. The molecule has 0 aliphatic carbocycles. The number of nitrogen functional groups attached to an aromatic ring is 1. The largest absolute Gasteiger partial charge is 0.368 e. The number of fused-ring (bicyclic) bond motifs is 1. The predicted molar refractivity (Wildman–Crippen MR) is 66.3 cm³/mol. The Morgan fingerprint density at radius 3 is 3.06 bits per heavy atom. The SMILES string of the molecule is CCCCCSc1nc(N)nc2[nH]ncc12. The van der Waals surface area contributed by atoms with E-state index >= 15 is 0 Å². The summed E-state index contributed by atoms with van der Waals surface area (Å²) in [6.07, 6.45) is 5.43. The van der Waals surface area contributed by atoms with Crippen molar-refractivity contribution in [1.82, 2.24) is 20.2 Å². The van der Waals surface area contributed by atoms with Gasteiger partial charge < -0.3 is 5.73 Å². The van der Waals surface area contributed by atoms with E-state index in [2.05, 4.69) is 27.1 Å². The standard InChI is InChI=1S/C10H15N5S/c1-2-3-4-5-16-9-7-6-12-15-8(7)13-10(11)14-9/h6H,2-5H2,1H3,(H3,11,12,13,14,15). The second-order valence-corrected chi connectivity index (χ2v) is 4.66. The number of aromatic nitrogens is 4. The number of nitrogens with zero attached hydrogens (tertiary/aromatic N) is 3. The minimum Gasteiger partial charge on any atom is -0.368 e. The molecule has 0 saturated heterocycles. The molecule has 0 atom stereocenters. The van der Waals surface area contributed by atoms with Gasteiger partial charge in [-0.2, -0.15) is 10.1 Å². The van der Waals surface area contributed by atoms with E-state index in [1.807, 2.05) is 0 Å². The number of H-pyrrole nitrogens is 1. The maximum Gasteiger partial charge on any atom is 0.223 e. The zero-order chi connectivity index (χ0) is 11.4. The van der Waals surface area contributed by atoms with Crippen LogP contribution in [-0.4, -0.2) is 25.9 Å². The molecule has 0 unspecified atom stereocenters. The highest BCUT2D eigenvalue weighted by atomic mass is 32.2. The summed E-state index contributed by atoms with van der Waals surface area (Å²) in [5.41, 5.74) is 6.34. The summed E-state index contributed by atoms with van der Waals surface area (Å²) in [6, 6.07) is 0. The Bertz CT molecular complexity index is 467. The van der Waals surface area contributed by atoms with Crippen LogP contribution in [0, 0.1) is 0 Å². The van der Waals surface area contributed by atoms with Gasteiger partial charge in [0.1, 0.15) is 5.03 Å². The first-order chi connectivity index (χ1) is 7.81. The lowest BCUT2D eigenvalue weighted by atomic mass is 10.3. The minimum absolute atomic E-state index is 0.301. The topological polar surface area (TPSA) is 80.5 Å². The zero-order valence-corrected chi connectivity index (χ0v) is 10.0. The van der Waals surface area contributed by atoms with Crippen molar-refractivity contribution in [2.75, 3.05) is 11.5 Å². The quantitative estimate of drug-likeness (QED) is 0.473. The van der Waals surface area contributed by atoms with Crippen molar-refractivity contribution in [3.63, 3.8) is 0 Å². The molecule has 86 valence electrons. The number of thioether (sulfide) groups is 1. The van der Waals surface area contributed by atoms with E-state index in [9.17, 15) is 0 Å². The van der Waals surface area contributed by atoms with E-state index < -0.39 is 0 Å². The molecule has 0 bridgehead atoms. The molecular formula is C10H15N5S. The molecule has 0 aromatic carbocycles. The number of hydrogen-bond donors (Lipinski definition) is 2. The number of anilines is 1. The van der Waals surface area contributed by atoms with Gasteiger partial charge in [0.2, 0.25) is 5.95 Å². The van der Waals surface area contributed by atoms with Crippen molar-refractivity contribution < 1.29 is 0 Å². The van der Waals surface area contributed by atoms with Gasteiger partial charge in [-0.15, -0.1) is 11.8 Å². The molecule has 16 heavy (non-hydrogen) atoms. The second-order valence-electron chi connectivity index (χ2n) is 3.57. The van der Waals surface area contributed by atoms with Crippen LogP contribution in [0.2, 0.25) is 0 Å². The fraction of sp³-hybridized carbons (Fsp3) is 0.500. The molecule has 0 aliphatic heterocycles. The van der Waals surface area contributed by atoms with Crippen LogP contribution in [0.4, 0.5) is 5.95 Å². The Morgan fingerprint density at radius 1 is 1.38 bits per heavy atom. The van der Waals surface area contributed by atoms with Crippen molar-refractivity contribution in [2.24, 2.45) is 0 Å². The first kappa shape index (κ1) is 11.2. The maximum absolute atomic E-state index is 5.63. The number of aromatic amines is 1. The van der Waals surface area contributed by atoms with Crippen molar-refractivity contribution in [3.05, 3.63) is 6.20 Å². The Balaban J connectivity index is 2.12. The van der Waals surface area contributed by atoms with Crippen LogP contribution >= 0.6 is 11.8 Å². The highest BCUT2D eigenvalue weighted by Crippen LogP contribution is 2.25. The Morgan fingerprint density at radius 2 is 2.25 bits per heavy atom. The van der Waals surface area contributed by atoms with E-state index in [4.69, 9.17) is 5.73 Å². The van der Waals surface area contributed by atoms with Gasteiger partial charge in [0.15, 0.2) is 5.65 Å². The van der Waals surface area contributed by atoms with E-state index in [1.165, 1.54) is 19.3 Å². The monoisotopic (exact) mass is 237 g/mol. The van der Waals surface area contributed by atoms with Crippen LogP contribution < -0.4 is 5.73 Å². The summed E-state index contributed by atoms with van der Waals surface area (Å²) in [4.78, 5) is 8.32. The third kappa shape index (κ3) is 2.44. The molecule has 2 aromatic rings. The van der Waals surface area contributed by atoms with Crippen molar-refractivity contribution in [3.8, 4) is 0 Å². The average molecular weight is 237 g/mol. The molecule has 6 heteroatoms. The Hall–Kier alpha value is -1.30. The summed E-state index contributed by atoms with van der Waals surface area (Å²) in [6.45, 7) is 2.20. The van der Waals surface area contributed by atoms with Gasteiger partial charge in [0, 0.05) is 0 Å². The molecule has 0 aliphatic rings. The number of hydrogen-bond acceptors (Lipinski definition) is 5. The number of nitrogens with one attached hydrogen (secondary N) is 1. The van der Waals surface area contributed by atoms with Gasteiger partial charge in [-0.1, -0.05) is 19.8 Å². The molecule has 2 aromatic heterocycles. The van der Waals surface area contributed by atoms with Crippen molar-refractivity contribution in [1.29, 1.82) is 0 Å². The maximum atomic E-state index is 5.63. The molecule has 0 amide bonds. The fourth-order valence-corrected chi connectivity index (χ4v) is 2.46. The van der Waals surface area contributed by atoms with Crippen LogP contribution in [0.3, 0.4) is 0 Å². The fourth-order valence-electron chi connectivity index (χ4n) is 1.46. The molecule has 2 heterocycles. The number of rotatable bonds is 5. The average Bonchev–Trinajstić information content (AvgIpc) is 2.72. The molecular weight excluding hydrogens is 222 g/mol. The second kappa shape index (κ2) is 5.16. The third-order valence-corrected chi connectivity index (χ3v) is 3.36. The molecule has 0 saturated carbocycles. The van der Waals surface area contributed by atoms with Crippen molar-refractivity contribution >= 4 is 28.7 Å². The van der Waals surface area contributed by atoms with Crippen LogP contribution in [0.15, 0.2) is 11.2 Å². The van der Waals surface area contributed by atoms with E-state index in [0.717, 1.165) is 16.2 Å². The highest BCUT2D eigenvalue weighted by molar-refractivity contribution is 7.99. The summed E-state index contributed by atoms with van der Waals surface area (Å²) in [7, 11) is 0. The molecule has 0 fully saturated rings. The Labute approximate surface area is 98.2 Å². The first-order valence-corrected chi connectivity index (χ1v) is 6.39. The molecule has 3 N–H and O–H groups in total. The van der Waals surface area contributed by atoms with Gasteiger partial charge in [0.25, 0.3) is 0 Å². The number of nitrogens with two attached hydrogens (primary N) is 1. The smallest absolute Gasteiger partial charge is 0.223 e. The number of unbranched alkanes of at least 4 members (excludes halogenated alkanes) is 2. The van der Waals surface area contributed by atoms with Gasteiger partial charge in [-0.3, -0.25) is 5.10 Å². The third-order valence-electron chi connectivity index (χ3n) is 2.28. The van der Waals surface area contributed by atoms with Gasteiger partial charge in [-0.25, -0.2) is 4.98 Å². The predicted octanol–water partition coefficient (Wildman–Crippen LogP) is 2.22. The lowest BCUT2D eigenvalue weighted by Crippen LogP contribution is -1.97. The lowest BCUT2D eigenvalue weighted by molar-refractivity contribution is 0.778. The summed E-state index contributed by atoms with van der Waals surface area (Å²) in [5, 5.41) is 8.64. The Kier molecular flexibility index (Phi) is 3.61. The van der Waals surface area contributed by atoms with E-state index in [-0.39, 0.29) is 0 Å². The zero-order valence-electron chi connectivity index (χ0n) is 9.23. The lowest BCUT2D eigenvalue weighted by Gasteiger charge is -2.02. The summed E-state index contributed by atoms with van der Waals surface area (Å²) < 4.78 is 0. The van der Waals surface area contributed by atoms with Crippen LogP contribution in [0.25, 0.3) is 11.0 Å². The van der Waals surface area contributed by atoms with Crippen LogP contribution in [-0.2, 0) is 0 Å². The van der Waals surface area contributed by atoms with Crippen molar-refractivity contribution in [2.45, 2.75) is 31.2 Å². The molecule has 0 radical (unpaired) electrons. The first-order valence-electron chi connectivity index (χ1n) is 5.40.